The molecule has 8 nitrogen and oxygen atoms in total. The molecule has 0 spiro atoms. The minimum atomic E-state index is -3.57. The van der Waals surface area contributed by atoms with E-state index in [1.165, 1.54) is 0 Å². The maximum Gasteiger partial charge on any atom is 0.319 e. The van der Waals surface area contributed by atoms with Gasteiger partial charge >= 0.3 is 6.03 Å². The average molecular weight is 420 g/mol. The summed E-state index contributed by atoms with van der Waals surface area (Å²) >= 11 is 5.81. The Bertz CT molecular complexity index is 1020. The maximum absolute atomic E-state index is 12.3. The molecule has 0 aliphatic carbocycles. The molecule has 0 saturated heterocycles. The topological polar surface area (TPSA) is 116 Å². The largest absolute Gasteiger partial charge is 0.334 e. The van der Waals surface area contributed by atoms with Crippen LogP contribution in [0.1, 0.15) is 11.1 Å². The number of aromatic amines is 1. The Morgan fingerprint density at radius 2 is 1.68 bits per heavy atom. The van der Waals surface area contributed by atoms with Crippen LogP contribution in [0, 0.1) is 0 Å². The molecule has 0 fully saturated rings. The van der Waals surface area contributed by atoms with Gasteiger partial charge in [-0.15, -0.1) is 0 Å². The fraction of sp³-hybridized carbons (Fsp3) is 0.111. The second-order valence-corrected chi connectivity index (χ2v) is 8.14. The van der Waals surface area contributed by atoms with E-state index in [0.29, 0.717) is 28.5 Å². The van der Waals surface area contributed by atoms with Gasteiger partial charge in [0.25, 0.3) is 0 Å². The fourth-order valence-electron chi connectivity index (χ4n) is 2.37. The fourth-order valence-corrected chi connectivity index (χ4v) is 3.69. The molecule has 0 aliphatic rings. The van der Waals surface area contributed by atoms with E-state index in [2.05, 4.69) is 25.6 Å². The number of sulfonamides is 1. The van der Waals surface area contributed by atoms with E-state index in [1.807, 2.05) is 0 Å². The van der Waals surface area contributed by atoms with Gasteiger partial charge in [0, 0.05) is 34.7 Å². The quantitative estimate of drug-likeness (QED) is 0.470. The zero-order chi connectivity index (χ0) is 20.0. The summed E-state index contributed by atoms with van der Waals surface area (Å²) in [7, 11) is -3.57. The van der Waals surface area contributed by atoms with Gasteiger partial charge in [-0.1, -0.05) is 23.7 Å². The van der Waals surface area contributed by atoms with Crippen LogP contribution >= 0.6 is 11.6 Å². The molecule has 146 valence electrons. The first-order chi connectivity index (χ1) is 13.4. The third-order valence-corrected chi connectivity index (χ3v) is 5.21. The molecule has 2 amide bonds. The number of H-pyrrole nitrogens is 1. The first-order valence-electron chi connectivity index (χ1n) is 8.27. The normalized spacial score (nSPS) is 11.0. The molecule has 0 bridgehead atoms. The van der Waals surface area contributed by atoms with E-state index in [1.54, 1.807) is 60.9 Å². The first-order valence-corrected chi connectivity index (χ1v) is 10.3. The number of aromatic nitrogens is 2. The summed E-state index contributed by atoms with van der Waals surface area (Å²) in [5, 5.41) is 12.4. The summed E-state index contributed by atoms with van der Waals surface area (Å²) in [6, 6.07) is 12.6. The number of benzene rings is 2. The maximum atomic E-state index is 12.3. The Kier molecular flexibility index (Phi) is 6.17. The molecule has 4 N–H and O–H groups in total. The van der Waals surface area contributed by atoms with Gasteiger partial charge < -0.3 is 10.6 Å². The van der Waals surface area contributed by atoms with E-state index in [0.717, 1.165) is 5.56 Å². The van der Waals surface area contributed by atoms with Crippen LogP contribution in [-0.2, 0) is 22.3 Å². The summed E-state index contributed by atoms with van der Waals surface area (Å²) < 4.78 is 27.1. The smallest absolute Gasteiger partial charge is 0.319 e. The Morgan fingerprint density at radius 1 is 1.00 bits per heavy atom. The molecular formula is C18H18ClN5O3S. The van der Waals surface area contributed by atoms with Crippen molar-refractivity contribution < 1.29 is 13.2 Å². The number of carbonyl (C=O) groups excluding carboxylic acids is 1. The lowest BCUT2D eigenvalue weighted by molar-refractivity contribution is 0.251. The SMILES string of the molecule is O=C(NCc1cn[nH]c1)Nc1ccc(NS(=O)(=O)Cc2ccc(Cl)cc2)cc1. The lowest BCUT2D eigenvalue weighted by Crippen LogP contribution is -2.28. The highest BCUT2D eigenvalue weighted by Crippen LogP contribution is 2.17. The van der Waals surface area contributed by atoms with Crippen molar-refractivity contribution >= 4 is 39.0 Å². The van der Waals surface area contributed by atoms with Gasteiger partial charge in [-0.25, -0.2) is 13.2 Å². The number of hydrogen-bond acceptors (Lipinski definition) is 4. The standard InChI is InChI=1S/C18H18ClN5O3S/c19-15-3-1-13(2-4-15)12-28(26,27)24-17-7-5-16(6-8-17)23-18(25)20-9-14-10-21-22-11-14/h1-8,10-11,24H,9,12H2,(H,21,22)(H2,20,23,25). The molecule has 3 aromatic rings. The van der Waals surface area contributed by atoms with Gasteiger partial charge in [-0.3, -0.25) is 9.82 Å². The van der Waals surface area contributed by atoms with Crippen LogP contribution in [0.25, 0.3) is 0 Å². The molecule has 0 unspecified atom stereocenters. The number of halogens is 1. The summed E-state index contributed by atoms with van der Waals surface area (Å²) in [4.78, 5) is 11.9. The van der Waals surface area contributed by atoms with Crippen LogP contribution in [0.15, 0.2) is 60.9 Å². The lowest BCUT2D eigenvalue weighted by Gasteiger charge is -2.10. The monoisotopic (exact) mass is 419 g/mol. The number of amides is 2. The van der Waals surface area contributed by atoms with Gasteiger partial charge in [0.1, 0.15) is 0 Å². The molecule has 1 aromatic heterocycles. The molecule has 1 heterocycles. The zero-order valence-corrected chi connectivity index (χ0v) is 16.2. The summed E-state index contributed by atoms with van der Waals surface area (Å²) in [6.07, 6.45) is 3.30. The highest BCUT2D eigenvalue weighted by Gasteiger charge is 2.12. The molecule has 0 aliphatic heterocycles. The second kappa shape index (κ2) is 8.77. The number of hydrogen-bond donors (Lipinski definition) is 4. The predicted molar refractivity (Wildman–Crippen MR) is 109 cm³/mol. The predicted octanol–water partition coefficient (Wildman–Crippen LogP) is 3.33. The Labute approximate surface area is 167 Å². The lowest BCUT2D eigenvalue weighted by atomic mass is 10.2. The van der Waals surface area contributed by atoms with Crippen LogP contribution in [0.4, 0.5) is 16.2 Å². The zero-order valence-electron chi connectivity index (χ0n) is 14.6. The molecule has 10 heteroatoms. The van der Waals surface area contributed by atoms with Crippen molar-refractivity contribution in [1.82, 2.24) is 15.5 Å². The Balaban J connectivity index is 1.53. The summed E-state index contributed by atoms with van der Waals surface area (Å²) in [6.45, 7) is 0.338. The molecule has 0 radical (unpaired) electrons. The number of rotatable bonds is 7. The van der Waals surface area contributed by atoms with Crippen molar-refractivity contribution in [1.29, 1.82) is 0 Å². The number of anilines is 2. The minimum Gasteiger partial charge on any atom is -0.334 e. The van der Waals surface area contributed by atoms with Crippen molar-refractivity contribution in [2.24, 2.45) is 0 Å². The van der Waals surface area contributed by atoms with E-state index in [4.69, 9.17) is 11.6 Å². The Morgan fingerprint density at radius 3 is 2.32 bits per heavy atom. The van der Waals surface area contributed by atoms with Crippen LogP contribution in [0.5, 0.6) is 0 Å². The van der Waals surface area contributed by atoms with Gasteiger partial charge in [-0.2, -0.15) is 5.10 Å². The second-order valence-electron chi connectivity index (χ2n) is 5.98. The molecule has 0 atom stereocenters. The average Bonchev–Trinajstić information content (AvgIpc) is 3.17. The van der Waals surface area contributed by atoms with Crippen LogP contribution in [0.3, 0.4) is 0 Å². The van der Waals surface area contributed by atoms with E-state index in [9.17, 15) is 13.2 Å². The van der Waals surface area contributed by atoms with Gasteiger partial charge in [0.2, 0.25) is 10.0 Å². The van der Waals surface area contributed by atoms with Crippen molar-refractivity contribution in [2.75, 3.05) is 10.0 Å². The molecule has 0 saturated carbocycles. The van der Waals surface area contributed by atoms with Crippen molar-refractivity contribution in [2.45, 2.75) is 12.3 Å². The first kappa shape index (κ1) is 19.7. The molecule has 3 rings (SSSR count). The van der Waals surface area contributed by atoms with E-state index in [-0.39, 0.29) is 11.8 Å². The highest BCUT2D eigenvalue weighted by atomic mass is 35.5. The summed E-state index contributed by atoms with van der Waals surface area (Å²) in [5.41, 5.74) is 2.41. The van der Waals surface area contributed by atoms with Crippen LogP contribution in [-0.4, -0.2) is 24.6 Å². The summed E-state index contributed by atoms with van der Waals surface area (Å²) in [5.74, 6) is -0.166. The van der Waals surface area contributed by atoms with Crippen LogP contribution in [0.2, 0.25) is 5.02 Å². The minimum absolute atomic E-state index is 0.166. The third kappa shape index (κ3) is 6.00. The molecular weight excluding hydrogens is 402 g/mol. The molecule has 2 aromatic carbocycles. The number of carbonyl (C=O) groups is 1. The van der Waals surface area contributed by atoms with Gasteiger partial charge in [0.05, 0.1) is 11.9 Å². The van der Waals surface area contributed by atoms with Crippen molar-refractivity contribution in [3.63, 3.8) is 0 Å². The number of urea groups is 1. The third-order valence-electron chi connectivity index (χ3n) is 3.69. The molecule has 28 heavy (non-hydrogen) atoms. The Hall–Kier alpha value is -3.04. The number of nitrogens with one attached hydrogen (secondary N) is 4. The van der Waals surface area contributed by atoms with Gasteiger partial charge in [-0.05, 0) is 42.0 Å². The van der Waals surface area contributed by atoms with E-state index < -0.39 is 10.0 Å². The van der Waals surface area contributed by atoms with Crippen molar-refractivity contribution in [3.8, 4) is 0 Å². The van der Waals surface area contributed by atoms with Crippen molar-refractivity contribution in [3.05, 3.63) is 77.1 Å². The van der Waals surface area contributed by atoms with Gasteiger partial charge in [0.15, 0.2) is 0 Å². The number of nitrogens with zero attached hydrogens (tertiary/aromatic N) is 1. The van der Waals surface area contributed by atoms with Crippen LogP contribution < -0.4 is 15.4 Å². The highest BCUT2D eigenvalue weighted by molar-refractivity contribution is 7.91. The van der Waals surface area contributed by atoms with E-state index >= 15 is 0 Å².